The van der Waals surface area contributed by atoms with E-state index in [4.69, 9.17) is 5.26 Å². The zero-order chi connectivity index (χ0) is 16.7. The molecule has 0 fully saturated rings. The summed E-state index contributed by atoms with van der Waals surface area (Å²) in [5, 5.41) is 12.7. The smallest absolute Gasteiger partial charge is 0.150 e. The van der Waals surface area contributed by atoms with Crippen molar-refractivity contribution in [3.8, 4) is 6.07 Å². The number of nitriles is 1. The number of rotatable bonds is 2. The van der Waals surface area contributed by atoms with Gasteiger partial charge in [0.25, 0.3) is 0 Å². The van der Waals surface area contributed by atoms with Crippen LogP contribution in [0.15, 0.2) is 54.6 Å². The van der Waals surface area contributed by atoms with E-state index in [1.807, 2.05) is 38.2 Å². The fraction of sp³-hybridized carbons (Fsp3) is 0.105. The highest BCUT2D eigenvalue weighted by Crippen LogP contribution is 2.20. The van der Waals surface area contributed by atoms with Gasteiger partial charge in [-0.05, 0) is 31.2 Å². The van der Waals surface area contributed by atoms with Crippen molar-refractivity contribution in [3.05, 3.63) is 71.4 Å². The fourth-order valence-corrected chi connectivity index (χ4v) is 2.08. The Labute approximate surface area is 135 Å². The molecule has 0 aliphatic carbocycles. The Kier molecular flexibility index (Phi) is 5.43. The van der Waals surface area contributed by atoms with Gasteiger partial charge in [0, 0.05) is 23.7 Å². The summed E-state index contributed by atoms with van der Waals surface area (Å²) in [6, 6.07) is 18.7. The number of hydrogen-bond donors (Lipinski definition) is 1. The molecule has 0 amide bonds. The number of nitrogens with zero attached hydrogens (tertiary/aromatic N) is 2. The molecule has 3 rings (SSSR count). The van der Waals surface area contributed by atoms with Crippen LogP contribution in [-0.4, -0.2) is 18.3 Å². The summed E-state index contributed by atoms with van der Waals surface area (Å²) in [6.07, 6.45) is 0.751. The van der Waals surface area contributed by atoms with Gasteiger partial charge in [-0.15, -0.1) is 0 Å². The minimum absolute atomic E-state index is 0.575. The van der Waals surface area contributed by atoms with Gasteiger partial charge < -0.3 is 5.32 Å². The van der Waals surface area contributed by atoms with Gasteiger partial charge in [0.2, 0.25) is 0 Å². The van der Waals surface area contributed by atoms with E-state index in [0.29, 0.717) is 11.1 Å². The normalized spacial score (nSPS) is 9.43. The number of aryl methyl sites for hydroxylation is 1. The summed E-state index contributed by atoms with van der Waals surface area (Å²) in [5.74, 6) is 0. The first kappa shape index (κ1) is 16.2. The molecule has 4 nitrogen and oxygen atoms in total. The Balaban J connectivity index is 0.000000174. The standard InChI is InChI=1S/C11H12N2.C8H5NO/c1-8-6-7-9-4-3-5-10(12-2)11(9)13-8;9-5-7-1-3-8(6-10)4-2-7/h3-7,12H,1-2H3;1-4,6H. The number of para-hydroxylation sites is 1. The van der Waals surface area contributed by atoms with Crippen molar-refractivity contribution in [2.24, 2.45) is 0 Å². The molecular formula is C19H17N3O. The summed E-state index contributed by atoms with van der Waals surface area (Å²) in [5.41, 5.74) is 4.35. The highest BCUT2D eigenvalue weighted by molar-refractivity contribution is 5.90. The average molecular weight is 303 g/mol. The predicted octanol–water partition coefficient (Wildman–Crippen LogP) is 3.96. The van der Waals surface area contributed by atoms with E-state index in [2.05, 4.69) is 22.4 Å². The average Bonchev–Trinajstić information content (AvgIpc) is 2.61. The zero-order valence-corrected chi connectivity index (χ0v) is 13.1. The largest absolute Gasteiger partial charge is 0.386 e. The van der Waals surface area contributed by atoms with Gasteiger partial charge in [-0.2, -0.15) is 5.26 Å². The maximum Gasteiger partial charge on any atom is 0.150 e. The topological polar surface area (TPSA) is 65.8 Å². The van der Waals surface area contributed by atoms with Gasteiger partial charge in [-0.25, -0.2) is 0 Å². The lowest BCUT2D eigenvalue weighted by Crippen LogP contribution is -1.92. The molecule has 4 heteroatoms. The molecule has 114 valence electrons. The van der Waals surface area contributed by atoms with Gasteiger partial charge in [0.1, 0.15) is 6.29 Å². The van der Waals surface area contributed by atoms with E-state index in [0.717, 1.165) is 23.2 Å². The van der Waals surface area contributed by atoms with Crippen molar-refractivity contribution >= 4 is 22.9 Å². The summed E-state index contributed by atoms with van der Waals surface area (Å²) >= 11 is 0. The molecule has 0 aliphatic heterocycles. The quantitative estimate of drug-likeness (QED) is 0.728. The molecule has 0 unspecified atom stereocenters. The number of anilines is 1. The third-order valence-electron chi connectivity index (χ3n) is 3.30. The maximum absolute atomic E-state index is 10.1. The van der Waals surface area contributed by atoms with Crippen molar-refractivity contribution in [2.75, 3.05) is 12.4 Å². The Bertz CT molecular complexity index is 849. The Morgan fingerprint density at radius 2 is 1.83 bits per heavy atom. The first-order chi connectivity index (χ1) is 11.2. The highest BCUT2D eigenvalue weighted by Gasteiger charge is 1.99. The molecule has 3 aromatic rings. The van der Waals surface area contributed by atoms with Crippen molar-refractivity contribution in [2.45, 2.75) is 6.92 Å². The lowest BCUT2D eigenvalue weighted by molar-refractivity contribution is 0.112. The summed E-state index contributed by atoms with van der Waals surface area (Å²) in [6.45, 7) is 2.01. The fourth-order valence-electron chi connectivity index (χ4n) is 2.08. The van der Waals surface area contributed by atoms with Crippen LogP contribution in [0.5, 0.6) is 0 Å². The molecule has 23 heavy (non-hydrogen) atoms. The second kappa shape index (κ2) is 7.71. The van der Waals surface area contributed by atoms with Crippen LogP contribution < -0.4 is 5.32 Å². The summed E-state index contributed by atoms with van der Waals surface area (Å²) in [7, 11) is 1.92. The highest BCUT2D eigenvalue weighted by atomic mass is 16.1. The molecule has 0 saturated carbocycles. The van der Waals surface area contributed by atoms with Crippen LogP contribution in [0.25, 0.3) is 10.9 Å². The van der Waals surface area contributed by atoms with Gasteiger partial charge in [0.15, 0.2) is 0 Å². The van der Waals surface area contributed by atoms with Crippen molar-refractivity contribution in [3.63, 3.8) is 0 Å². The van der Waals surface area contributed by atoms with Crippen LogP contribution in [0.2, 0.25) is 0 Å². The summed E-state index contributed by atoms with van der Waals surface area (Å²) < 4.78 is 0. The minimum atomic E-state index is 0.575. The number of carbonyl (C=O) groups excluding carboxylic acids is 1. The molecular weight excluding hydrogens is 286 g/mol. The van der Waals surface area contributed by atoms with Gasteiger partial charge >= 0.3 is 0 Å². The van der Waals surface area contributed by atoms with Crippen LogP contribution in [0.4, 0.5) is 5.69 Å². The summed E-state index contributed by atoms with van der Waals surface area (Å²) in [4.78, 5) is 14.6. The number of carbonyl (C=O) groups is 1. The van der Waals surface area contributed by atoms with E-state index in [1.165, 1.54) is 5.39 Å². The Morgan fingerprint density at radius 3 is 2.43 bits per heavy atom. The molecule has 0 atom stereocenters. The number of nitrogens with one attached hydrogen (secondary N) is 1. The number of aldehydes is 1. The van der Waals surface area contributed by atoms with Crippen molar-refractivity contribution < 1.29 is 4.79 Å². The third kappa shape index (κ3) is 4.14. The van der Waals surface area contributed by atoms with Crippen LogP contribution in [0.1, 0.15) is 21.6 Å². The van der Waals surface area contributed by atoms with Gasteiger partial charge in [-0.3, -0.25) is 9.78 Å². The first-order valence-electron chi connectivity index (χ1n) is 7.17. The van der Waals surface area contributed by atoms with Crippen LogP contribution in [0.3, 0.4) is 0 Å². The molecule has 0 spiro atoms. The lowest BCUT2D eigenvalue weighted by atomic mass is 10.2. The molecule has 0 saturated heterocycles. The Morgan fingerprint density at radius 1 is 1.09 bits per heavy atom. The molecule has 1 N–H and O–H groups in total. The van der Waals surface area contributed by atoms with Crippen LogP contribution >= 0.6 is 0 Å². The molecule has 1 heterocycles. The number of pyridine rings is 1. The van der Waals surface area contributed by atoms with Crippen molar-refractivity contribution in [1.82, 2.24) is 4.98 Å². The number of benzene rings is 2. The molecule has 0 bridgehead atoms. The predicted molar refractivity (Wildman–Crippen MR) is 92.6 cm³/mol. The second-order valence-electron chi connectivity index (χ2n) is 4.93. The minimum Gasteiger partial charge on any atom is -0.386 e. The molecule has 0 aliphatic rings. The van der Waals surface area contributed by atoms with E-state index in [9.17, 15) is 4.79 Å². The van der Waals surface area contributed by atoms with E-state index < -0.39 is 0 Å². The zero-order valence-electron chi connectivity index (χ0n) is 13.1. The van der Waals surface area contributed by atoms with Crippen LogP contribution in [0, 0.1) is 18.3 Å². The van der Waals surface area contributed by atoms with Crippen molar-refractivity contribution in [1.29, 1.82) is 5.26 Å². The first-order valence-corrected chi connectivity index (χ1v) is 7.17. The molecule has 0 radical (unpaired) electrons. The number of hydrogen-bond acceptors (Lipinski definition) is 4. The van der Waals surface area contributed by atoms with Gasteiger partial charge in [0.05, 0.1) is 22.8 Å². The Hall–Kier alpha value is -3.19. The van der Waals surface area contributed by atoms with Gasteiger partial charge in [-0.1, -0.05) is 30.3 Å². The SMILES string of the molecule is CNc1cccc2ccc(C)nc12.N#Cc1ccc(C=O)cc1. The number of aromatic nitrogens is 1. The third-order valence-corrected chi connectivity index (χ3v) is 3.30. The van der Waals surface area contributed by atoms with Crippen LogP contribution in [-0.2, 0) is 0 Å². The number of fused-ring (bicyclic) bond motifs is 1. The van der Waals surface area contributed by atoms with E-state index in [1.54, 1.807) is 24.3 Å². The monoisotopic (exact) mass is 303 g/mol. The lowest BCUT2D eigenvalue weighted by Gasteiger charge is -2.04. The van der Waals surface area contributed by atoms with E-state index in [-0.39, 0.29) is 0 Å². The second-order valence-corrected chi connectivity index (χ2v) is 4.93. The maximum atomic E-state index is 10.1. The van der Waals surface area contributed by atoms with E-state index >= 15 is 0 Å². The molecule has 2 aromatic carbocycles. The molecule has 1 aromatic heterocycles.